The largest absolute Gasteiger partial charge is 0.343 e. The van der Waals surface area contributed by atoms with Crippen LogP contribution in [0.3, 0.4) is 0 Å². The van der Waals surface area contributed by atoms with Crippen LogP contribution in [0.2, 0.25) is 0 Å². The zero-order valence-electron chi connectivity index (χ0n) is 14.6. The van der Waals surface area contributed by atoms with E-state index in [1.807, 2.05) is 17.0 Å². The summed E-state index contributed by atoms with van der Waals surface area (Å²) in [6, 6.07) is 6.73. The molecular weight excluding hydrogens is 321 g/mol. The first-order valence-corrected chi connectivity index (χ1v) is 8.91. The Morgan fingerprint density at radius 1 is 1.28 bits per heavy atom. The number of aromatic nitrogens is 2. The van der Waals surface area contributed by atoms with Gasteiger partial charge in [-0.05, 0) is 56.2 Å². The number of nitrogens with zero attached hydrogens (tertiary/aromatic N) is 3. The molecule has 1 fully saturated rings. The Morgan fingerprint density at radius 2 is 2.00 bits per heavy atom. The van der Waals surface area contributed by atoms with Gasteiger partial charge in [-0.3, -0.25) is 4.79 Å². The molecule has 0 spiro atoms. The maximum atomic E-state index is 13.0. The quantitative estimate of drug-likeness (QED) is 0.806. The van der Waals surface area contributed by atoms with E-state index in [4.69, 9.17) is 4.52 Å². The fraction of sp³-hybridized carbons (Fsp3) is 0.526. The number of likely N-dealkylation sites (tertiary alicyclic amines) is 1. The van der Waals surface area contributed by atoms with Crippen molar-refractivity contribution in [2.75, 3.05) is 13.1 Å². The average Bonchev–Trinajstić information content (AvgIpc) is 3.03. The minimum absolute atomic E-state index is 0.195. The van der Waals surface area contributed by atoms with E-state index < -0.39 is 0 Å². The number of amides is 1. The highest BCUT2D eigenvalue weighted by Crippen LogP contribution is 2.22. The van der Waals surface area contributed by atoms with Gasteiger partial charge in [0.15, 0.2) is 5.82 Å². The molecular formula is C19H24FN3O2. The molecule has 134 valence electrons. The van der Waals surface area contributed by atoms with Crippen molar-refractivity contribution in [1.82, 2.24) is 15.0 Å². The van der Waals surface area contributed by atoms with Crippen molar-refractivity contribution in [2.45, 2.75) is 45.4 Å². The molecule has 1 saturated heterocycles. The third kappa shape index (κ3) is 5.11. The Kier molecular flexibility index (Phi) is 5.79. The van der Waals surface area contributed by atoms with E-state index in [0.29, 0.717) is 30.5 Å². The van der Waals surface area contributed by atoms with Crippen LogP contribution in [0.15, 0.2) is 28.8 Å². The molecule has 1 aliphatic heterocycles. The second-order valence-corrected chi connectivity index (χ2v) is 6.74. The number of rotatable bonds is 6. The van der Waals surface area contributed by atoms with Gasteiger partial charge in [-0.1, -0.05) is 17.3 Å². The van der Waals surface area contributed by atoms with E-state index in [1.54, 1.807) is 6.92 Å². The highest BCUT2D eigenvalue weighted by Gasteiger charge is 2.22. The summed E-state index contributed by atoms with van der Waals surface area (Å²) >= 11 is 0. The number of carbonyl (C=O) groups is 1. The van der Waals surface area contributed by atoms with Crippen LogP contribution in [0, 0.1) is 18.7 Å². The molecule has 2 aromatic rings. The van der Waals surface area contributed by atoms with Crippen LogP contribution in [0.4, 0.5) is 4.39 Å². The smallest absolute Gasteiger partial charge is 0.226 e. The van der Waals surface area contributed by atoms with Crippen LogP contribution < -0.4 is 0 Å². The van der Waals surface area contributed by atoms with Gasteiger partial charge in [-0.25, -0.2) is 4.39 Å². The topological polar surface area (TPSA) is 59.2 Å². The van der Waals surface area contributed by atoms with Crippen molar-refractivity contribution in [2.24, 2.45) is 5.92 Å². The summed E-state index contributed by atoms with van der Waals surface area (Å²) in [4.78, 5) is 18.4. The molecule has 0 unspecified atom stereocenters. The van der Waals surface area contributed by atoms with Gasteiger partial charge in [0.2, 0.25) is 11.8 Å². The predicted octanol–water partition coefficient (Wildman–Crippen LogP) is 3.32. The lowest BCUT2D eigenvalue weighted by atomic mass is 9.90. The zero-order chi connectivity index (χ0) is 17.6. The summed E-state index contributed by atoms with van der Waals surface area (Å²) < 4.78 is 18.0. The number of aryl methyl sites for hydroxylation is 2. The second-order valence-electron chi connectivity index (χ2n) is 6.74. The molecule has 0 aliphatic carbocycles. The molecule has 0 atom stereocenters. The third-order valence-corrected chi connectivity index (χ3v) is 4.76. The molecule has 0 bridgehead atoms. The van der Waals surface area contributed by atoms with Crippen molar-refractivity contribution >= 4 is 5.91 Å². The van der Waals surface area contributed by atoms with Gasteiger partial charge in [0, 0.05) is 25.9 Å². The summed E-state index contributed by atoms with van der Waals surface area (Å²) in [6.45, 7) is 3.41. The predicted molar refractivity (Wildman–Crippen MR) is 91.4 cm³/mol. The Labute approximate surface area is 147 Å². The normalized spacial score (nSPS) is 15.5. The first-order valence-electron chi connectivity index (χ1n) is 8.91. The highest BCUT2D eigenvalue weighted by molar-refractivity contribution is 5.76. The minimum Gasteiger partial charge on any atom is -0.343 e. The number of benzene rings is 1. The van der Waals surface area contributed by atoms with E-state index in [1.165, 1.54) is 17.7 Å². The minimum atomic E-state index is -0.195. The number of halogens is 1. The fourth-order valence-electron chi connectivity index (χ4n) is 3.33. The molecule has 0 N–H and O–H groups in total. The number of piperidine rings is 1. The van der Waals surface area contributed by atoms with Gasteiger partial charge >= 0.3 is 0 Å². The van der Waals surface area contributed by atoms with E-state index >= 15 is 0 Å². The first kappa shape index (κ1) is 17.6. The number of carbonyl (C=O) groups excluding carboxylic acids is 1. The van der Waals surface area contributed by atoms with Crippen molar-refractivity contribution < 1.29 is 13.7 Å². The van der Waals surface area contributed by atoms with Gasteiger partial charge in [-0.15, -0.1) is 0 Å². The molecule has 5 nitrogen and oxygen atoms in total. The van der Waals surface area contributed by atoms with Crippen molar-refractivity contribution in [3.63, 3.8) is 0 Å². The lowest BCUT2D eigenvalue weighted by molar-refractivity contribution is -0.132. The van der Waals surface area contributed by atoms with Gasteiger partial charge in [0.25, 0.3) is 0 Å². The summed E-state index contributed by atoms with van der Waals surface area (Å²) in [7, 11) is 0. The molecule has 1 amide bonds. The molecule has 3 rings (SSSR count). The van der Waals surface area contributed by atoms with Crippen LogP contribution >= 0.6 is 0 Å². The maximum Gasteiger partial charge on any atom is 0.226 e. The number of hydrogen-bond acceptors (Lipinski definition) is 4. The van der Waals surface area contributed by atoms with Gasteiger partial charge < -0.3 is 9.42 Å². The van der Waals surface area contributed by atoms with Gasteiger partial charge in [0.05, 0.1) is 0 Å². The van der Waals surface area contributed by atoms with E-state index in [-0.39, 0.29) is 11.7 Å². The molecule has 25 heavy (non-hydrogen) atoms. The SMILES string of the molecule is Cc1noc(CCCC(=O)N2CCC(Cc3ccc(F)cc3)CC2)n1. The van der Waals surface area contributed by atoms with Gasteiger partial charge in [0.1, 0.15) is 5.82 Å². The monoisotopic (exact) mass is 345 g/mol. The highest BCUT2D eigenvalue weighted by atomic mass is 19.1. The Morgan fingerprint density at radius 3 is 2.64 bits per heavy atom. The van der Waals surface area contributed by atoms with E-state index in [9.17, 15) is 9.18 Å². The Balaban J connectivity index is 1.37. The molecule has 1 aromatic carbocycles. The molecule has 0 saturated carbocycles. The summed E-state index contributed by atoms with van der Waals surface area (Å²) in [6.07, 6.45) is 4.87. The van der Waals surface area contributed by atoms with Crippen molar-refractivity contribution in [3.05, 3.63) is 47.4 Å². The molecule has 6 heteroatoms. The molecule has 1 aliphatic rings. The first-order chi connectivity index (χ1) is 12.1. The van der Waals surface area contributed by atoms with E-state index in [0.717, 1.165) is 38.8 Å². The molecule has 0 radical (unpaired) electrons. The lowest BCUT2D eigenvalue weighted by Gasteiger charge is -2.32. The molecule has 2 heterocycles. The Hall–Kier alpha value is -2.24. The summed E-state index contributed by atoms with van der Waals surface area (Å²) in [5, 5.41) is 3.75. The van der Waals surface area contributed by atoms with Crippen LogP contribution in [-0.2, 0) is 17.6 Å². The van der Waals surface area contributed by atoms with Crippen molar-refractivity contribution in [1.29, 1.82) is 0 Å². The van der Waals surface area contributed by atoms with Gasteiger partial charge in [-0.2, -0.15) is 4.98 Å². The number of hydrogen-bond donors (Lipinski definition) is 0. The lowest BCUT2D eigenvalue weighted by Crippen LogP contribution is -2.38. The standard InChI is InChI=1S/C19H24FN3O2/c1-14-21-18(25-22-14)3-2-4-19(24)23-11-9-16(10-12-23)13-15-5-7-17(20)8-6-15/h5-8,16H,2-4,9-13H2,1H3. The third-order valence-electron chi connectivity index (χ3n) is 4.76. The van der Waals surface area contributed by atoms with Crippen LogP contribution in [0.1, 0.15) is 43.0 Å². The fourth-order valence-corrected chi connectivity index (χ4v) is 3.33. The van der Waals surface area contributed by atoms with Crippen LogP contribution in [0.25, 0.3) is 0 Å². The zero-order valence-corrected chi connectivity index (χ0v) is 14.6. The van der Waals surface area contributed by atoms with Crippen molar-refractivity contribution in [3.8, 4) is 0 Å². The molecule has 1 aromatic heterocycles. The van der Waals surface area contributed by atoms with E-state index in [2.05, 4.69) is 10.1 Å². The maximum absolute atomic E-state index is 13.0. The average molecular weight is 345 g/mol. The van der Waals surface area contributed by atoms with Crippen LogP contribution in [0.5, 0.6) is 0 Å². The summed E-state index contributed by atoms with van der Waals surface area (Å²) in [5.41, 5.74) is 1.17. The second kappa shape index (κ2) is 8.23. The van der Waals surface area contributed by atoms with Crippen LogP contribution in [-0.4, -0.2) is 34.0 Å². The summed E-state index contributed by atoms with van der Waals surface area (Å²) in [5.74, 6) is 1.81. The Bertz CT molecular complexity index is 691.